The van der Waals surface area contributed by atoms with Crippen LogP contribution in [0.5, 0.6) is 0 Å². The summed E-state index contributed by atoms with van der Waals surface area (Å²) in [4.78, 5) is 33.7. The van der Waals surface area contributed by atoms with Crippen molar-refractivity contribution in [3.05, 3.63) is 0 Å². The van der Waals surface area contributed by atoms with Crippen LogP contribution < -0.4 is 0 Å². The van der Waals surface area contributed by atoms with Gasteiger partial charge in [0.05, 0.1) is 6.10 Å². The third-order valence-corrected chi connectivity index (χ3v) is 2.87. The summed E-state index contributed by atoms with van der Waals surface area (Å²) in [6, 6.07) is 0. The third kappa shape index (κ3) is 4.68. The van der Waals surface area contributed by atoms with Gasteiger partial charge in [-0.05, 0) is 6.92 Å². The Balaban J connectivity index is 3.08. The van der Waals surface area contributed by atoms with Crippen molar-refractivity contribution >= 4 is 17.9 Å². The van der Waals surface area contributed by atoms with Crippen LogP contribution >= 0.6 is 0 Å². The van der Waals surface area contributed by atoms with Crippen molar-refractivity contribution in [3.63, 3.8) is 0 Å². The molecule has 120 valence electrons. The first kappa shape index (κ1) is 17.4. The van der Waals surface area contributed by atoms with Crippen LogP contribution in [-0.2, 0) is 38.1 Å². The minimum absolute atomic E-state index is 0.565. The van der Waals surface area contributed by atoms with Crippen LogP contribution in [-0.4, -0.2) is 55.7 Å². The number of esters is 3. The van der Waals surface area contributed by atoms with Gasteiger partial charge in [-0.3, -0.25) is 14.4 Å². The SMILES string of the molecule is CO[C@H]1O[C@@H](C)[C@H](OC(C)=O)[C@H](OC(C)=O)[C@H]1OC(C)=O. The normalized spacial score (nSPS) is 32.1. The summed E-state index contributed by atoms with van der Waals surface area (Å²) in [6.07, 6.45) is -4.47. The zero-order chi connectivity index (χ0) is 16.2. The summed E-state index contributed by atoms with van der Waals surface area (Å²) in [5.74, 6) is -1.76. The molecule has 0 N–H and O–H groups in total. The van der Waals surface area contributed by atoms with Crippen LogP contribution in [0, 0.1) is 0 Å². The molecular formula is C13H20O8. The Morgan fingerprint density at radius 2 is 1.24 bits per heavy atom. The molecule has 0 radical (unpaired) electrons. The topological polar surface area (TPSA) is 97.4 Å². The lowest BCUT2D eigenvalue weighted by Gasteiger charge is -2.42. The van der Waals surface area contributed by atoms with Crippen molar-refractivity contribution in [1.82, 2.24) is 0 Å². The highest BCUT2D eigenvalue weighted by Crippen LogP contribution is 2.28. The fourth-order valence-corrected chi connectivity index (χ4v) is 2.16. The van der Waals surface area contributed by atoms with Crippen LogP contribution in [0.2, 0.25) is 0 Å². The molecule has 0 saturated carbocycles. The molecule has 0 unspecified atom stereocenters. The second-order valence-electron chi connectivity index (χ2n) is 4.67. The minimum Gasteiger partial charge on any atom is -0.456 e. The molecule has 0 aliphatic carbocycles. The average molecular weight is 304 g/mol. The van der Waals surface area contributed by atoms with Gasteiger partial charge in [0.2, 0.25) is 0 Å². The molecule has 0 amide bonds. The van der Waals surface area contributed by atoms with E-state index in [4.69, 9.17) is 23.7 Å². The average Bonchev–Trinajstić information content (AvgIpc) is 2.35. The lowest BCUT2D eigenvalue weighted by Crippen LogP contribution is -2.60. The van der Waals surface area contributed by atoms with Crippen molar-refractivity contribution in [2.24, 2.45) is 0 Å². The van der Waals surface area contributed by atoms with E-state index in [2.05, 4.69) is 0 Å². The number of carbonyl (C=O) groups is 3. The van der Waals surface area contributed by atoms with Gasteiger partial charge < -0.3 is 23.7 Å². The number of rotatable bonds is 4. The molecule has 0 aromatic rings. The van der Waals surface area contributed by atoms with Gasteiger partial charge in [0.1, 0.15) is 0 Å². The predicted octanol–water partition coefficient (Wildman–Crippen LogP) is 0.173. The molecule has 1 saturated heterocycles. The van der Waals surface area contributed by atoms with Gasteiger partial charge in [0.25, 0.3) is 0 Å². The molecule has 1 aliphatic rings. The first-order chi connectivity index (χ1) is 9.76. The van der Waals surface area contributed by atoms with Crippen LogP contribution in [0.3, 0.4) is 0 Å². The number of hydrogen-bond donors (Lipinski definition) is 0. The summed E-state index contributed by atoms with van der Waals surface area (Å²) in [6.45, 7) is 5.27. The van der Waals surface area contributed by atoms with E-state index in [9.17, 15) is 14.4 Å². The maximum Gasteiger partial charge on any atom is 0.303 e. The van der Waals surface area contributed by atoms with Gasteiger partial charge in [0.15, 0.2) is 24.6 Å². The first-order valence-electron chi connectivity index (χ1n) is 6.46. The fraction of sp³-hybridized carbons (Fsp3) is 0.769. The molecule has 8 heteroatoms. The van der Waals surface area contributed by atoms with Crippen molar-refractivity contribution in [1.29, 1.82) is 0 Å². The second kappa shape index (κ2) is 7.37. The molecule has 0 aromatic heterocycles. The standard InChI is InChI=1S/C13H20O8/c1-6-10(19-7(2)14)11(20-8(3)15)12(21-9(4)16)13(17-5)18-6/h6,10-13H,1-5H3/t6-,10-,11-,12+,13-/m0/s1. The van der Waals surface area contributed by atoms with Gasteiger partial charge in [0, 0.05) is 27.9 Å². The number of hydrogen-bond acceptors (Lipinski definition) is 8. The van der Waals surface area contributed by atoms with Crippen LogP contribution in [0.15, 0.2) is 0 Å². The molecule has 1 aliphatic heterocycles. The van der Waals surface area contributed by atoms with Crippen molar-refractivity contribution in [3.8, 4) is 0 Å². The number of carbonyl (C=O) groups excluding carboxylic acids is 3. The van der Waals surface area contributed by atoms with Gasteiger partial charge in [-0.2, -0.15) is 0 Å². The van der Waals surface area contributed by atoms with Gasteiger partial charge in [-0.15, -0.1) is 0 Å². The molecule has 1 heterocycles. The fourth-order valence-electron chi connectivity index (χ4n) is 2.16. The summed E-state index contributed by atoms with van der Waals surface area (Å²) in [7, 11) is 1.37. The summed E-state index contributed by atoms with van der Waals surface area (Å²) in [5.41, 5.74) is 0. The van der Waals surface area contributed by atoms with Crippen LogP contribution in [0.25, 0.3) is 0 Å². The monoisotopic (exact) mass is 304 g/mol. The summed E-state index contributed by atoms with van der Waals surface area (Å²) < 4.78 is 26.0. The van der Waals surface area contributed by atoms with E-state index in [1.807, 2.05) is 0 Å². The lowest BCUT2D eigenvalue weighted by molar-refractivity contribution is -0.294. The number of ether oxygens (including phenoxy) is 5. The largest absolute Gasteiger partial charge is 0.456 e. The Morgan fingerprint density at radius 1 is 0.810 bits per heavy atom. The van der Waals surface area contributed by atoms with Crippen molar-refractivity contribution < 1.29 is 38.1 Å². The predicted molar refractivity (Wildman–Crippen MR) is 68.0 cm³/mol. The highest BCUT2D eigenvalue weighted by Gasteiger charge is 2.50. The molecule has 21 heavy (non-hydrogen) atoms. The Kier molecular flexibility index (Phi) is 6.10. The Morgan fingerprint density at radius 3 is 1.67 bits per heavy atom. The maximum atomic E-state index is 11.3. The van der Waals surface area contributed by atoms with E-state index in [1.54, 1.807) is 6.92 Å². The molecule has 1 rings (SSSR count). The van der Waals surface area contributed by atoms with Crippen LogP contribution in [0.1, 0.15) is 27.7 Å². The van der Waals surface area contributed by atoms with E-state index in [1.165, 1.54) is 27.9 Å². The minimum atomic E-state index is -1.03. The Bertz CT molecular complexity index is 407. The highest BCUT2D eigenvalue weighted by molar-refractivity contribution is 5.68. The van der Waals surface area contributed by atoms with E-state index in [0.717, 1.165) is 0 Å². The molecule has 0 spiro atoms. The zero-order valence-electron chi connectivity index (χ0n) is 12.7. The van der Waals surface area contributed by atoms with Crippen molar-refractivity contribution in [2.45, 2.75) is 58.4 Å². The smallest absolute Gasteiger partial charge is 0.303 e. The zero-order valence-corrected chi connectivity index (χ0v) is 12.7. The highest BCUT2D eigenvalue weighted by atomic mass is 16.7. The van der Waals surface area contributed by atoms with Gasteiger partial charge in [-0.25, -0.2) is 0 Å². The Hall–Kier alpha value is -1.67. The number of methoxy groups -OCH3 is 1. The quantitative estimate of drug-likeness (QED) is 0.535. The van der Waals surface area contributed by atoms with E-state index in [0.29, 0.717) is 0 Å². The van der Waals surface area contributed by atoms with Gasteiger partial charge in [-0.1, -0.05) is 0 Å². The molecular weight excluding hydrogens is 284 g/mol. The van der Waals surface area contributed by atoms with E-state index >= 15 is 0 Å². The molecule has 8 nitrogen and oxygen atoms in total. The molecule has 5 atom stereocenters. The van der Waals surface area contributed by atoms with E-state index < -0.39 is 48.6 Å². The summed E-state index contributed by atoms with van der Waals surface area (Å²) in [5, 5.41) is 0. The van der Waals surface area contributed by atoms with Crippen LogP contribution in [0.4, 0.5) is 0 Å². The Labute approximate surface area is 122 Å². The maximum absolute atomic E-state index is 11.3. The molecule has 0 bridgehead atoms. The third-order valence-electron chi connectivity index (χ3n) is 2.87. The summed E-state index contributed by atoms with van der Waals surface area (Å²) >= 11 is 0. The lowest BCUT2D eigenvalue weighted by atomic mass is 9.99. The second-order valence-corrected chi connectivity index (χ2v) is 4.67. The molecule has 1 fully saturated rings. The molecule has 0 aromatic carbocycles. The van der Waals surface area contributed by atoms with Crippen molar-refractivity contribution in [2.75, 3.05) is 7.11 Å². The van der Waals surface area contributed by atoms with E-state index in [-0.39, 0.29) is 0 Å². The van der Waals surface area contributed by atoms with Gasteiger partial charge >= 0.3 is 17.9 Å². The first-order valence-corrected chi connectivity index (χ1v) is 6.46.